The van der Waals surface area contributed by atoms with E-state index in [9.17, 15) is 0 Å². The number of H-pyrrole nitrogens is 1. The summed E-state index contributed by atoms with van der Waals surface area (Å²) in [5, 5.41) is 18.3. The molecule has 0 aromatic carbocycles. The Bertz CT molecular complexity index is 718. The number of fused-ring (bicyclic) bond motifs is 1. The summed E-state index contributed by atoms with van der Waals surface area (Å²) in [5.41, 5.74) is 12.5. The molecule has 0 amide bonds. The molecule has 0 bridgehead atoms. The van der Waals surface area contributed by atoms with Gasteiger partial charge in [-0.05, 0) is 12.6 Å². The maximum absolute atomic E-state index is 5.63. The summed E-state index contributed by atoms with van der Waals surface area (Å²) in [6, 6.07) is 1.68. The molecule has 1 unspecified atom stereocenters. The number of aromatic amines is 1. The zero-order valence-corrected chi connectivity index (χ0v) is 13.2. The van der Waals surface area contributed by atoms with Crippen LogP contribution in [0.3, 0.4) is 0 Å². The van der Waals surface area contributed by atoms with E-state index in [-0.39, 0.29) is 32.4 Å². The molecule has 0 spiro atoms. The fourth-order valence-electron chi connectivity index (χ4n) is 1.78. The second-order valence-electron chi connectivity index (χ2n) is 4.13. The number of hydrogen-bond acceptors (Lipinski definition) is 7. The smallest absolute Gasteiger partial charge is 0.145 e. The predicted molar refractivity (Wildman–Crippen MR) is 70.1 cm³/mol. The van der Waals surface area contributed by atoms with Gasteiger partial charge in [0.25, 0.3) is 0 Å². The number of rotatable bonds is 3. The van der Waals surface area contributed by atoms with Crippen molar-refractivity contribution in [1.82, 2.24) is 30.4 Å². The van der Waals surface area contributed by atoms with Crippen LogP contribution in [-0.4, -0.2) is 25.3 Å². The first-order valence-corrected chi connectivity index (χ1v) is 5.62. The zero-order valence-electron chi connectivity index (χ0n) is 10.5. The number of anilines is 3. The van der Waals surface area contributed by atoms with E-state index in [1.807, 2.05) is 6.92 Å². The maximum Gasteiger partial charge on any atom is 0.145 e. The van der Waals surface area contributed by atoms with Gasteiger partial charge >= 0.3 is 0 Å². The molecular formula is C10H12N9Re-. The third kappa shape index (κ3) is 2.56. The normalized spacial score (nSPS) is 12.1. The van der Waals surface area contributed by atoms with Gasteiger partial charge < -0.3 is 26.9 Å². The Hall–Kier alpha value is -2.18. The van der Waals surface area contributed by atoms with Crippen molar-refractivity contribution in [3.63, 3.8) is 0 Å². The average Bonchev–Trinajstić information content (AvgIpc) is 2.97. The van der Waals surface area contributed by atoms with E-state index < -0.39 is 0 Å². The van der Waals surface area contributed by atoms with Crippen molar-refractivity contribution in [3.05, 3.63) is 18.0 Å². The van der Waals surface area contributed by atoms with E-state index >= 15 is 0 Å². The Kier molecular flexibility index (Phi) is 3.87. The minimum absolute atomic E-state index is 0. The van der Waals surface area contributed by atoms with Crippen LogP contribution in [0.25, 0.3) is 11.0 Å². The van der Waals surface area contributed by atoms with Gasteiger partial charge in [0.1, 0.15) is 17.6 Å². The summed E-state index contributed by atoms with van der Waals surface area (Å²) in [6.45, 7) is 1.95. The SMILES string of the molecule is CC(Nc1nc(N)nc2[n-]ncc12)c1cc(N)n[nH]1.[Re]. The van der Waals surface area contributed by atoms with Gasteiger partial charge in [-0.2, -0.15) is 5.10 Å². The number of aromatic nitrogens is 6. The van der Waals surface area contributed by atoms with E-state index in [0.717, 1.165) is 5.69 Å². The molecular weight excluding hydrogens is 432 g/mol. The third-order valence-electron chi connectivity index (χ3n) is 2.72. The Morgan fingerprint density at radius 2 is 2.15 bits per heavy atom. The first kappa shape index (κ1) is 14.2. The zero-order chi connectivity index (χ0) is 13.4. The second kappa shape index (κ2) is 5.44. The van der Waals surface area contributed by atoms with E-state index in [0.29, 0.717) is 22.7 Å². The molecule has 105 valence electrons. The molecule has 3 heterocycles. The molecule has 6 N–H and O–H groups in total. The average molecular weight is 444 g/mol. The van der Waals surface area contributed by atoms with Crippen LogP contribution in [0.15, 0.2) is 12.3 Å². The van der Waals surface area contributed by atoms with Crippen LogP contribution in [0.4, 0.5) is 17.6 Å². The van der Waals surface area contributed by atoms with Crippen molar-refractivity contribution in [2.24, 2.45) is 0 Å². The van der Waals surface area contributed by atoms with Gasteiger partial charge in [0, 0.05) is 38.1 Å². The molecule has 0 aliphatic rings. The molecule has 0 aliphatic heterocycles. The first-order chi connectivity index (χ1) is 9.13. The number of hydrogen-bond donors (Lipinski definition) is 4. The van der Waals surface area contributed by atoms with Crippen molar-refractivity contribution in [2.45, 2.75) is 13.0 Å². The van der Waals surface area contributed by atoms with Crippen LogP contribution >= 0.6 is 0 Å². The third-order valence-corrected chi connectivity index (χ3v) is 2.72. The van der Waals surface area contributed by atoms with Gasteiger partial charge in [0.15, 0.2) is 0 Å². The summed E-state index contributed by atoms with van der Waals surface area (Å²) in [5.74, 6) is 1.16. The van der Waals surface area contributed by atoms with Gasteiger partial charge in [0.05, 0.1) is 11.7 Å². The van der Waals surface area contributed by atoms with Gasteiger partial charge in [-0.15, -0.1) is 0 Å². The number of nitrogens with two attached hydrogens (primary N) is 2. The van der Waals surface area contributed by atoms with E-state index in [1.54, 1.807) is 12.3 Å². The largest absolute Gasteiger partial charge is 0.403 e. The summed E-state index contributed by atoms with van der Waals surface area (Å²) in [4.78, 5) is 8.15. The van der Waals surface area contributed by atoms with Crippen molar-refractivity contribution in [3.8, 4) is 0 Å². The molecule has 0 saturated heterocycles. The van der Waals surface area contributed by atoms with E-state index in [4.69, 9.17) is 11.5 Å². The van der Waals surface area contributed by atoms with Crippen molar-refractivity contribution < 1.29 is 20.4 Å². The van der Waals surface area contributed by atoms with Crippen molar-refractivity contribution in [2.75, 3.05) is 16.8 Å². The van der Waals surface area contributed by atoms with Crippen LogP contribution in [0.5, 0.6) is 0 Å². The summed E-state index contributed by atoms with van der Waals surface area (Å²) >= 11 is 0. The predicted octanol–water partition coefficient (Wildman–Crippen LogP) is 0.0401. The molecule has 3 rings (SSSR count). The summed E-state index contributed by atoms with van der Waals surface area (Å²) in [6.07, 6.45) is 1.59. The number of nitrogen functional groups attached to an aromatic ring is 2. The molecule has 1 radical (unpaired) electrons. The molecule has 20 heavy (non-hydrogen) atoms. The van der Waals surface area contributed by atoms with Crippen LogP contribution in [-0.2, 0) is 20.4 Å². The van der Waals surface area contributed by atoms with Crippen LogP contribution in [0.2, 0.25) is 0 Å². The van der Waals surface area contributed by atoms with E-state index in [1.165, 1.54) is 0 Å². The molecule has 0 saturated carbocycles. The summed E-state index contributed by atoms with van der Waals surface area (Å²) < 4.78 is 0. The van der Waals surface area contributed by atoms with Gasteiger partial charge in [-0.3, -0.25) is 10.2 Å². The Morgan fingerprint density at radius 3 is 2.85 bits per heavy atom. The van der Waals surface area contributed by atoms with Crippen LogP contribution in [0.1, 0.15) is 18.7 Å². The molecule has 9 nitrogen and oxygen atoms in total. The quantitative estimate of drug-likeness (QED) is 0.443. The topological polar surface area (TPSA) is 146 Å². The van der Waals surface area contributed by atoms with Crippen LogP contribution in [0, 0.1) is 0 Å². The fraction of sp³-hybridized carbons (Fsp3) is 0.200. The Balaban J connectivity index is 0.00000147. The van der Waals surface area contributed by atoms with Gasteiger partial charge in [-0.25, -0.2) is 4.98 Å². The van der Waals surface area contributed by atoms with Gasteiger partial charge in [-0.1, -0.05) is 0 Å². The molecule has 0 aliphatic carbocycles. The van der Waals surface area contributed by atoms with E-state index in [2.05, 4.69) is 35.7 Å². The molecule has 0 fully saturated rings. The standard InChI is InChI=1S/C10H12N9.Re/c1-4(6-2-7(11)18-17-6)14-8-5-3-13-19-9(5)16-10(12)15-8;/h2-4H,1H3,(H6-,11,12,13,14,15,16,17,18,19);/q-1;. The molecule has 1 atom stereocenters. The maximum atomic E-state index is 5.63. The van der Waals surface area contributed by atoms with Crippen molar-refractivity contribution in [1.29, 1.82) is 0 Å². The minimum Gasteiger partial charge on any atom is -0.403 e. The van der Waals surface area contributed by atoms with Gasteiger partial charge in [0.2, 0.25) is 0 Å². The second-order valence-corrected chi connectivity index (χ2v) is 4.13. The van der Waals surface area contributed by atoms with Crippen LogP contribution < -0.4 is 21.9 Å². The first-order valence-electron chi connectivity index (χ1n) is 5.62. The Labute approximate surface area is 127 Å². The number of nitrogens with zero attached hydrogens (tertiary/aromatic N) is 5. The fourth-order valence-corrected chi connectivity index (χ4v) is 1.78. The summed E-state index contributed by atoms with van der Waals surface area (Å²) in [7, 11) is 0. The number of nitrogens with one attached hydrogen (secondary N) is 2. The minimum atomic E-state index is -0.0720. The monoisotopic (exact) mass is 445 g/mol. The molecule has 3 aromatic rings. The molecule has 10 heteroatoms. The van der Waals surface area contributed by atoms with Crippen molar-refractivity contribution >= 4 is 28.6 Å². The Morgan fingerprint density at radius 1 is 1.35 bits per heavy atom. The molecule has 3 aromatic heterocycles.